The molecule has 0 spiro atoms. The molecule has 0 saturated carbocycles. The number of hydrogen-bond acceptors (Lipinski definition) is 6. The highest BCUT2D eigenvalue weighted by Crippen LogP contribution is 2.33. The third-order valence-corrected chi connectivity index (χ3v) is 5.59. The van der Waals surface area contributed by atoms with Gasteiger partial charge in [-0.15, -0.1) is 5.10 Å². The van der Waals surface area contributed by atoms with Crippen molar-refractivity contribution < 1.29 is 13.6 Å². The quantitative estimate of drug-likeness (QED) is 0.458. The van der Waals surface area contributed by atoms with Gasteiger partial charge in [0.2, 0.25) is 5.91 Å². The number of nitrogens with one attached hydrogen (secondary N) is 1. The van der Waals surface area contributed by atoms with Crippen LogP contribution in [-0.4, -0.2) is 26.4 Å². The van der Waals surface area contributed by atoms with Crippen molar-refractivity contribution in [2.75, 3.05) is 0 Å². The molecule has 1 unspecified atom stereocenters. The topological polar surface area (TPSA) is 116 Å². The molecule has 0 saturated heterocycles. The second-order valence-electron chi connectivity index (χ2n) is 7.65. The zero-order valence-electron chi connectivity index (χ0n) is 17.2. The summed E-state index contributed by atoms with van der Waals surface area (Å²) in [7, 11) is 0. The van der Waals surface area contributed by atoms with Gasteiger partial charge in [-0.05, 0) is 42.1 Å². The van der Waals surface area contributed by atoms with E-state index in [1.165, 1.54) is 22.9 Å². The first-order valence-electron chi connectivity index (χ1n) is 10.1. The Balaban J connectivity index is 1.59. The molecule has 1 atom stereocenters. The third-order valence-electron chi connectivity index (χ3n) is 5.59. The average Bonchev–Trinajstić information content (AvgIpc) is 3.30. The lowest BCUT2D eigenvalue weighted by atomic mass is 9.80. The van der Waals surface area contributed by atoms with Crippen LogP contribution < -0.4 is 16.7 Å². The van der Waals surface area contributed by atoms with Gasteiger partial charge in [0.25, 0.3) is 0 Å². The molecule has 1 aliphatic rings. The summed E-state index contributed by atoms with van der Waals surface area (Å²) in [5, 5.41) is 12.3. The molecule has 0 fully saturated rings. The molecule has 1 amide bonds. The molecule has 164 valence electrons. The number of aromatic nitrogens is 3. The number of nitrogens with two attached hydrogens (primary N) is 1. The second-order valence-corrected chi connectivity index (χ2v) is 7.65. The Morgan fingerprint density at radius 3 is 2.76 bits per heavy atom. The summed E-state index contributed by atoms with van der Waals surface area (Å²) in [5.41, 5.74) is 6.58. The number of para-hydroxylation sites is 1. The highest BCUT2D eigenvalue weighted by atomic mass is 19.1. The number of fused-ring (bicyclic) bond motifs is 1. The summed E-state index contributed by atoms with van der Waals surface area (Å²) in [6.45, 7) is 0. The number of benzene rings is 2. The van der Waals surface area contributed by atoms with Crippen LogP contribution in [-0.2, 0) is 11.2 Å². The summed E-state index contributed by atoms with van der Waals surface area (Å²) in [5.74, 6) is -0.989. The second kappa shape index (κ2) is 7.86. The molecule has 0 radical (unpaired) electrons. The first-order valence-corrected chi connectivity index (χ1v) is 10.1. The number of hydrogen-bond donors (Lipinski definition) is 2. The van der Waals surface area contributed by atoms with Crippen LogP contribution in [0.25, 0.3) is 22.2 Å². The molecule has 2 aromatic carbocycles. The zero-order chi connectivity index (χ0) is 23.0. The van der Waals surface area contributed by atoms with E-state index in [0.29, 0.717) is 28.1 Å². The maximum absolute atomic E-state index is 13.4. The largest absolute Gasteiger partial charge is 0.420 e. The van der Waals surface area contributed by atoms with E-state index < -0.39 is 17.1 Å². The van der Waals surface area contributed by atoms with Crippen molar-refractivity contribution >= 4 is 22.4 Å². The number of amides is 1. The van der Waals surface area contributed by atoms with Crippen molar-refractivity contribution in [1.82, 2.24) is 20.3 Å². The van der Waals surface area contributed by atoms with Crippen molar-refractivity contribution in [2.45, 2.75) is 12.0 Å². The molecule has 2 aromatic heterocycles. The number of allylic oxidation sites excluding steroid dienone is 2. The number of halogens is 1. The van der Waals surface area contributed by atoms with Gasteiger partial charge in [0, 0.05) is 23.4 Å². The number of primary amides is 1. The van der Waals surface area contributed by atoms with Crippen LogP contribution in [0.2, 0.25) is 0 Å². The van der Waals surface area contributed by atoms with E-state index in [1.54, 1.807) is 48.8 Å². The average molecular weight is 443 g/mol. The van der Waals surface area contributed by atoms with Gasteiger partial charge in [0.15, 0.2) is 5.58 Å². The van der Waals surface area contributed by atoms with E-state index in [0.717, 1.165) is 5.39 Å². The Kier molecular flexibility index (Phi) is 4.86. The molecule has 3 N–H and O–H groups in total. The molecule has 8 nitrogen and oxygen atoms in total. The van der Waals surface area contributed by atoms with Gasteiger partial charge < -0.3 is 15.5 Å². The molecular formula is C24H18FN5O3. The lowest BCUT2D eigenvalue weighted by Gasteiger charge is -2.34. The van der Waals surface area contributed by atoms with E-state index >= 15 is 0 Å². The number of carbonyl (C=O) groups excluding carboxylic acids is 1. The van der Waals surface area contributed by atoms with Crippen LogP contribution in [0.15, 0.2) is 88.4 Å². The fraction of sp³-hybridized carbons (Fsp3) is 0.0833. The van der Waals surface area contributed by atoms with Crippen molar-refractivity contribution in [3.05, 3.63) is 107 Å². The van der Waals surface area contributed by atoms with Crippen LogP contribution in [0, 0.1) is 5.82 Å². The molecule has 1 aliphatic heterocycles. The van der Waals surface area contributed by atoms with Crippen LogP contribution in [0.3, 0.4) is 0 Å². The standard InChI is InChI=1S/C24H18FN5O3/c25-17-9-6-15(7-10-17)13-24(23(26)32)18(4-2-12-27-24)19-14-30(29-28-19)20-5-1-3-16-8-11-21(31)33-22(16)20/h1-12,14,27H,13H2,(H2,26,32). The summed E-state index contributed by atoms with van der Waals surface area (Å²) in [4.78, 5) is 24.5. The Hall–Kier alpha value is -4.53. The van der Waals surface area contributed by atoms with E-state index in [1.807, 2.05) is 12.1 Å². The van der Waals surface area contributed by atoms with Gasteiger partial charge in [0.05, 0.1) is 6.20 Å². The van der Waals surface area contributed by atoms with Crippen LogP contribution in [0.5, 0.6) is 0 Å². The van der Waals surface area contributed by atoms with Gasteiger partial charge in [0.1, 0.15) is 22.7 Å². The minimum absolute atomic E-state index is 0.175. The molecule has 5 rings (SSSR count). The summed E-state index contributed by atoms with van der Waals surface area (Å²) in [6, 6.07) is 14.3. The zero-order valence-corrected chi connectivity index (χ0v) is 17.2. The van der Waals surface area contributed by atoms with E-state index in [-0.39, 0.29) is 12.2 Å². The van der Waals surface area contributed by atoms with Crippen molar-refractivity contribution in [3.63, 3.8) is 0 Å². The minimum atomic E-state index is -1.32. The van der Waals surface area contributed by atoms with Gasteiger partial charge in [-0.25, -0.2) is 13.9 Å². The monoisotopic (exact) mass is 443 g/mol. The number of dihydropyridines is 1. The predicted molar refractivity (Wildman–Crippen MR) is 120 cm³/mol. The molecule has 3 heterocycles. The van der Waals surface area contributed by atoms with Crippen molar-refractivity contribution in [2.24, 2.45) is 5.73 Å². The highest BCUT2D eigenvalue weighted by molar-refractivity contribution is 6.01. The van der Waals surface area contributed by atoms with E-state index in [2.05, 4.69) is 15.6 Å². The molecule has 0 aliphatic carbocycles. The van der Waals surface area contributed by atoms with Gasteiger partial charge in [-0.3, -0.25) is 4.79 Å². The Bertz CT molecular complexity index is 1490. The third kappa shape index (κ3) is 3.59. The van der Waals surface area contributed by atoms with Crippen LogP contribution in [0.1, 0.15) is 11.3 Å². The van der Waals surface area contributed by atoms with Gasteiger partial charge >= 0.3 is 5.63 Å². The lowest BCUT2D eigenvalue weighted by molar-refractivity contribution is -0.122. The van der Waals surface area contributed by atoms with E-state index in [4.69, 9.17) is 10.2 Å². The molecular weight excluding hydrogens is 425 g/mol. The SMILES string of the molecule is NC(=O)C1(Cc2ccc(F)cc2)NC=CC=C1c1cn(-c2cccc3ccc(=O)oc23)nn1. The van der Waals surface area contributed by atoms with Gasteiger partial charge in [-0.1, -0.05) is 35.6 Å². The molecule has 0 bridgehead atoms. The maximum atomic E-state index is 13.4. The summed E-state index contributed by atoms with van der Waals surface area (Å²) >= 11 is 0. The van der Waals surface area contributed by atoms with Crippen LogP contribution in [0.4, 0.5) is 4.39 Å². The Labute approximate surface area is 186 Å². The normalized spacial score (nSPS) is 17.5. The lowest BCUT2D eigenvalue weighted by Crippen LogP contribution is -2.56. The minimum Gasteiger partial charge on any atom is -0.420 e. The van der Waals surface area contributed by atoms with Crippen molar-refractivity contribution in [1.29, 1.82) is 0 Å². The van der Waals surface area contributed by atoms with Crippen molar-refractivity contribution in [3.8, 4) is 5.69 Å². The predicted octanol–water partition coefficient (Wildman–Crippen LogP) is 2.48. The summed E-state index contributed by atoms with van der Waals surface area (Å²) < 4.78 is 20.2. The molecule has 33 heavy (non-hydrogen) atoms. The fourth-order valence-electron chi connectivity index (χ4n) is 3.97. The Morgan fingerprint density at radius 2 is 1.97 bits per heavy atom. The first-order chi connectivity index (χ1) is 16.0. The highest BCUT2D eigenvalue weighted by Gasteiger charge is 2.42. The fourth-order valence-corrected chi connectivity index (χ4v) is 3.97. The van der Waals surface area contributed by atoms with Gasteiger partial charge in [-0.2, -0.15) is 0 Å². The molecule has 9 heteroatoms. The van der Waals surface area contributed by atoms with E-state index in [9.17, 15) is 14.0 Å². The number of carbonyl (C=O) groups is 1. The number of nitrogens with zero attached hydrogens (tertiary/aromatic N) is 3. The summed E-state index contributed by atoms with van der Waals surface area (Å²) in [6.07, 6.45) is 6.91. The first kappa shape index (κ1) is 20.4. The Morgan fingerprint density at radius 1 is 1.15 bits per heavy atom. The maximum Gasteiger partial charge on any atom is 0.336 e. The number of rotatable bonds is 5. The molecule has 4 aromatic rings. The van der Waals surface area contributed by atoms with Crippen LogP contribution >= 0.6 is 0 Å². The smallest absolute Gasteiger partial charge is 0.336 e.